The molecule has 5 heteroatoms. The number of carbonyl (C=O) groups is 1. The molecule has 2 rings (SSSR count). The van der Waals surface area contributed by atoms with Crippen LogP contribution in [0, 0.1) is 11.7 Å². The van der Waals surface area contributed by atoms with Gasteiger partial charge in [0.05, 0.1) is 5.56 Å². The first-order valence-corrected chi connectivity index (χ1v) is 7.29. The van der Waals surface area contributed by atoms with Crippen molar-refractivity contribution in [2.24, 2.45) is 5.92 Å². The fourth-order valence-electron chi connectivity index (χ4n) is 1.75. The second kappa shape index (κ2) is 7.54. The normalized spacial score (nSPS) is 10.4. The monoisotopic (exact) mass is 314 g/mol. The number of pyridine rings is 1. The molecule has 0 aliphatic heterocycles. The van der Waals surface area contributed by atoms with Gasteiger partial charge in [0.2, 0.25) is 5.88 Å². The molecule has 0 atom stereocenters. The smallest absolute Gasteiger partial charge is 0.256 e. The summed E-state index contributed by atoms with van der Waals surface area (Å²) in [5.74, 6) is -0.0291. The minimum atomic E-state index is -0.309. The lowest BCUT2D eigenvalue weighted by Gasteiger charge is -2.11. The number of benzene rings is 1. The number of hydrogen-bond donors (Lipinski definition) is 1. The Morgan fingerprint density at radius 2 is 2.13 bits per heavy atom. The second-order valence-corrected chi connectivity index (χ2v) is 5.44. The Labute approximate surface area is 135 Å². The van der Waals surface area contributed by atoms with Crippen molar-refractivity contribution in [2.75, 3.05) is 0 Å². The van der Waals surface area contributed by atoms with Crippen molar-refractivity contribution in [1.82, 2.24) is 10.3 Å². The maximum absolute atomic E-state index is 13.1. The lowest BCUT2D eigenvalue weighted by molar-refractivity contribution is 0.0962. The van der Waals surface area contributed by atoms with E-state index in [2.05, 4.69) is 16.9 Å². The molecule has 1 heterocycles. The predicted octanol–water partition coefficient (Wildman–Crippen LogP) is 3.70. The third-order valence-electron chi connectivity index (χ3n) is 3.25. The quantitative estimate of drug-likeness (QED) is 0.884. The van der Waals surface area contributed by atoms with Gasteiger partial charge in [-0.25, -0.2) is 9.37 Å². The molecule has 0 saturated carbocycles. The number of amides is 1. The van der Waals surface area contributed by atoms with Crippen LogP contribution in [-0.2, 0) is 6.61 Å². The van der Waals surface area contributed by atoms with Crippen LogP contribution in [0.5, 0.6) is 5.88 Å². The number of aromatic nitrogens is 1. The molecule has 0 aliphatic carbocycles. The number of nitrogens with zero attached hydrogens (tertiary/aromatic N) is 1. The zero-order chi connectivity index (χ0) is 16.8. The Morgan fingerprint density at radius 3 is 2.74 bits per heavy atom. The topological polar surface area (TPSA) is 51.2 Å². The van der Waals surface area contributed by atoms with Gasteiger partial charge in [0, 0.05) is 18.0 Å². The minimum Gasteiger partial charge on any atom is -0.473 e. The summed E-state index contributed by atoms with van der Waals surface area (Å²) in [6.45, 7) is 7.91. The Kier molecular flexibility index (Phi) is 5.46. The third kappa shape index (κ3) is 4.92. The molecule has 1 aromatic carbocycles. The maximum Gasteiger partial charge on any atom is 0.256 e. The van der Waals surface area contributed by atoms with Gasteiger partial charge < -0.3 is 10.1 Å². The Morgan fingerprint density at radius 1 is 1.35 bits per heavy atom. The van der Waals surface area contributed by atoms with E-state index in [-0.39, 0.29) is 24.2 Å². The first kappa shape index (κ1) is 16.7. The van der Waals surface area contributed by atoms with Gasteiger partial charge in [-0.2, -0.15) is 0 Å². The van der Waals surface area contributed by atoms with Crippen LogP contribution in [0.4, 0.5) is 4.39 Å². The van der Waals surface area contributed by atoms with E-state index in [4.69, 9.17) is 4.74 Å². The van der Waals surface area contributed by atoms with Crippen molar-refractivity contribution >= 4 is 5.91 Å². The van der Waals surface area contributed by atoms with Crippen molar-refractivity contribution in [1.29, 1.82) is 0 Å². The molecular weight excluding hydrogens is 295 g/mol. The van der Waals surface area contributed by atoms with Gasteiger partial charge in [0.25, 0.3) is 5.91 Å². The Balaban J connectivity index is 1.94. The van der Waals surface area contributed by atoms with E-state index in [1.807, 2.05) is 13.8 Å². The first-order valence-electron chi connectivity index (χ1n) is 7.29. The van der Waals surface area contributed by atoms with Gasteiger partial charge in [-0.15, -0.1) is 0 Å². The largest absolute Gasteiger partial charge is 0.473 e. The molecule has 0 saturated heterocycles. The highest BCUT2D eigenvalue weighted by atomic mass is 19.1. The second-order valence-electron chi connectivity index (χ2n) is 5.44. The van der Waals surface area contributed by atoms with Gasteiger partial charge >= 0.3 is 0 Å². The van der Waals surface area contributed by atoms with E-state index in [9.17, 15) is 9.18 Å². The number of carbonyl (C=O) groups excluding carboxylic acids is 1. The zero-order valence-corrected chi connectivity index (χ0v) is 13.2. The fourth-order valence-corrected chi connectivity index (χ4v) is 1.75. The maximum atomic E-state index is 13.1. The highest BCUT2D eigenvalue weighted by Gasteiger charge is 2.09. The molecule has 2 aromatic rings. The molecule has 120 valence electrons. The number of rotatable bonds is 6. The number of nitrogens with one attached hydrogen (secondary N) is 1. The van der Waals surface area contributed by atoms with E-state index < -0.39 is 0 Å². The van der Waals surface area contributed by atoms with Crippen LogP contribution in [0.25, 0.3) is 0 Å². The standard InChI is InChI=1S/C18H19FN2O2/c1-12(2)13(3)21-18(22)15-7-8-17(20-10-15)23-11-14-5-4-6-16(19)9-14/h4-10,12H,3,11H2,1-2H3,(H,21,22). The highest BCUT2D eigenvalue weighted by molar-refractivity contribution is 5.95. The molecule has 0 aliphatic rings. The molecule has 0 spiro atoms. The summed E-state index contributed by atoms with van der Waals surface area (Å²) in [6, 6.07) is 9.39. The van der Waals surface area contributed by atoms with Crippen LogP contribution < -0.4 is 10.1 Å². The fraction of sp³-hybridized carbons (Fsp3) is 0.222. The first-order chi connectivity index (χ1) is 11.0. The van der Waals surface area contributed by atoms with Crippen molar-refractivity contribution in [3.8, 4) is 5.88 Å². The number of ether oxygens (including phenoxy) is 1. The van der Waals surface area contributed by atoms with Gasteiger partial charge in [-0.05, 0) is 29.7 Å². The summed E-state index contributed by atoms with van der Waals surface area (Å²) >= 11 is 0. The van der Waals surface area contributed by atoms with Crippen LogP contribution in [0.3, 0.4) is 0 Å². The highest BCUT2D eigenvalue weighted by Crippen LogP contribution is 2.12. The molecule has 1 amide bonds. The van der Waals surface area contributed by atoms with E-state index in [0.717, 1.165) is 0 Å². The van der Waals surface area contributed by atoms with Crippen molar-refractivity contribution in [3.05, 3.63) is 71.8 Å². The summed E-state index contributed by atoms with van der Waals surface area (Å²) in [5, 5.41) is 2.72. The van der Waals surface area contributed by atoms with Crippen LogP contribution in [0.15, 0.2) is 54.9 Å². The molecule has 23 heavy (non-hydrogen) atoms. The summed E-state index contributed by atoms with van der Waals surface area (Å²) in [5.41, 5.74) is 1.79. The van der Waals surface area contributed by atoms with Crippen LogP contribution in [-0.4, -0.2) is 10.9 Å². The minimum absolute atomic E-state index is 0.167. The van der Waals surface area contributed by atoms with Gasteiger partial charge in [0.15, 0.2) is 0 Å². The Hall–Kier alpha value is -2.69. The van der Waals surface area contributed by atoms with Gasteiger partial charge in [-0.3, -0.25) is 4.79 Å². The number of allylic oxidation sites excluding steroid dienone is 1. The molecule has 1 aromatic heterocycles. The van der Waals surface area contributed by atoms with Crippen LogP contribution in [0.2, 0.25) is 0 Å². The third-order valence-corrected chi connectivity index (χ3v) is 3.25. The molecule has 0 unspecified atom stereocenters. The Bertz CT molecular complexity index is 696. The molecule has 1 N–H and O–H groups in total. The van der Waals surface area contributed by atoms with E-state index >= 15 is 0 Å². The van der Waals surface area contributed by atoms with Crippen LogP contribution in [0.1, 0.15) is 29.8 Å². The molecule has 4 nitrogen and oxygen atoms in total. The van der Waals surface area contributed by atoms with Crippen molar-refractivity contribution < 1.29 is 13.9 Å². The zero-order valence-electron chi connectivity index (χ0n) is 13.2. The lowest BCUT2D eigenvalue weighted by Crippen LogP contribution is -2.24. The lowest BCUT2D eigenvalue weighted by atomic mass is 10.1. The molecule has 0 fully saturated rings. The number of halogens is 1. The molecule has 0 radical (unpaired) electrons. The van der Waals surface area contributed by atoms with E-state index in [1.54, 1.807) is 24.3 Å². The average Bonchev–Trinajstić information content (AvgIpc) is 2.53. The SMILES string of the molecule is C=C(NC(=O)c1ccc(OCc2cccc(F)c2)nc1)C(C)C. The predicted molar refractivity (Wildman–Crippen MR) is 86.4 cm³/mol. The summed E-state index contributed by atoms with van der Waals surface area (Å²) in [6.07, 6.45) is 1.43. The van der Waals surface area contributed by atoms with E-state index in [0.29, 0.717) is 22.7 Å². The van der Waals surface area contributed by atoms with Gasteiger partial charge in [-0.1, -0.05) is 32.6 Å². The summed E-state index contributed by atoms with van der Waals surface area (Å²) in [7, 11) is 0. The number of hydrogen-bond acceptors (Lipinski definition) is 3. The van der Waals surface area contributed by atoms with Gasteiger partial charge in [0.1, 0.15) is 12.4 Å². The summed E-state index contributed by atoms with van der Waals surface area (Å²) in [4.78, 5) is 16.1. The van der Waals surface area contributed by atoms with Crippen molar-refractivity contribution in [3.63, 3.8) is 0 Å². The average molecular weight is 314 g/mol. The summed E-state index contributed by atoms with van der Waals surface area (Å²) < 4.78 is 18.5. The molecule has 0 bridgehead atoms. The van der Waals surface area contributed by atoms with E-state index in [1.165, 1.54) is 18.3 Å². The molecular formula is C18H19FN2O2. The van der Waals surface area contributed by atoms with Crippen LogP contribution >= 0.6 is 0 Å². The van der Waals surface area contributed by atoms with Crippen molar-refractivity contribution in [2.45, 2.75) is 20.5 Å².